The summed E-state index contributed by atoms with van der Waals surface area (Å²) in [4.78, 5) is 15.2. The molecule has 7 heteroatoms. The average Bonchev–Trinajstić information content (AvgIpc) is 3.03. The van der Waals surface area contributed by atoms with Crippen LogP contribution in [0.3, 0.4) is 0 Å². The van der Waals surface area contributed by atoms with Crippen molar-refractivity contribution in [3.05, 3.63) is 70.9 Å². The quantitative estimate of drug-likeness (QED) is 0.522. The van der Waals surface area contributed by atoms with Crippen molar-refractivity contribution < 1.29 is 18.0 Å². The van der Waals surface area contributed by atoms with E-state index in [4.69, 9.17) is 5.84 Å². The highest BCUT2D eigenvalue weighted by atomic mass is 19.4. The SMILES string of the molecule is CN1CCC(c2cn(N)c3ccc(C(=O)c4cccc(C(F)(F)F)c4)cc23)CC1. The smallest absolute Gasteiger partial charge is 0.339 e. The highest BCUT2D eigenvalue weighted by molar-refractivity contribution is 6.10. The highest BCUT2D eigenvalue weighted by Gasteiger charge is 2.31. The standard InChI is InChI=1S/C22H22F3N3O/c1-27-9-7-14(8-10-27)19-13-28(26)20-6-5-16(12-18(19)20)21(29)15-3-2-4-17(11-15)22(23,24)25/h2-6,11-14H,7-10,26H2,1H3. The number of nitrogens with zero attached hydrogens (tertiary/aromatic N) is 2. The second-order valence-electron chi connectivity index (χ2n) is 7.71. The van der Waals surface area contributed by atoms with Crippen LogP contribution in [0, 0.1) is 0 Å². The van der Waals surface area contributed by atoms with Crippen LogP contribution in [0.2, 0.25) is 0 Å². The average molecular weight is 401 g/mol. The Morgan fingerprint density at radius 2 is 1.76 bits per heavy atom. The van der Waals surface area contributed by atoms with Gasteiger partial charge in [-0.25, -0.2) is 0 Å². The minimum Gasteiger partial charge on any atom is -0.339 e. The van der Waals surface area contributed by atoms with Crippen molar-refractivity contribution in [3.63, 3.8) is 0 Å². The van der Waals surface area contributed by atoms with Crippen LogP contribution in [0.4, 0.5) is 13.2 Å². The molecule has 0 aliphatic carbocycles. The van der Waals surface area contributed by atoms with Gasteiger partial charge in [-0.1, -0.05) is 12.1 Å². The van der Waals surface area contributed by atoms with Crippen LogP contribution in [0.25, 0.3) is 10.9 Å². The Hall–Kier alpha value is -2.80. The molecule has 3 aromatic rings. The lowest BCUT2D eigenvalue weighted by molar-refractivity contribution is -0.137. The lowest BCUT2D eigenvalue weighted by Gasteiger charge is -2.28. The van der Waals surface area contributed by atoms with E-state index < -0.39 is 17.5 Å². The predicted octanol–water partition coefficient (Wildman–Crippen LogP) is 4.41. The number of hydrogen-bond donors (Lipinski definition) is 1. The minimum atomic E-state index is -4.49. The second-order valence-corrected chi connectivity index (χ2v) is 7.71. The van der Waals surface area contributed by atoms with Gasteiger partial charge in [0.1, 0.15) is 0 Å². The number of likely N-dealkylation sites (tertiary alicyclic amines) is 1. The zero-order chi connectivity index (χ0) is 20.8. The molecule has 29 heavy (non-hydrogen) atoms. The lowest BCUT2D eigenvalue weighted by atomic mass is 9.88. The molecule has 0 atom stereocenters. The van der Waals surface area contributed by atoms with Gasteiger partial charge in [0.25, 0.3) is 0 Å². The van der Waals surface area contributed by atoms with Gasteiger partial charge in [-0.3, -0.25) is 9.47 Å². The summed E-state index contributed by atoms with van der Waals surface area (Å²) in [5, 5.41) is 0.889. The molecular weight excluding hydrogens is 379 g/mol. The van der Waals surface area contributed by atoms with Gasteiger partial charge in [0.2, 0.25) is 0 Å². The van der Waals surface area contributed by atoms with Crippen LogP contribution in [-0.4, -0.2) is 35.5 Å². The van der Waals surface area contributed by atoms with Crippen molar-refractivity contribution in [1.29, 1.82) is 0 Å². The maximum Gasteiger partial charge on any atom is 0.416 e. The molecule has 0 unspecified atom stereocenters. The first kappa shape index (κ1) is 19.5. The normalized spacial score (nSPS) is 16.4. The summed E-state index contributed by atoms with van der Waals surface area (Å²) < 4.78 is 40.6. The Morgan fingerprint density at radius 3 is 2.45 bits per heavy atom. The first-order valence-electron chi connectivity index (χ1n) is 9.54. The number of halogens is 3. The van der Waals surface area contributed by atoms with E-state index in [-0.39, 0.29) is 5.56 Å². The van der Waals surface area contributed by atoms with Gasteiger partial charge in [-0.05, 0) is 74.8 Å². The van der Waals surface area contributed by atoms with Crippen LogP contribution < -0.4 is 5.84 Å². The summed E-state index contributed by atoms with van der Waals surface area (Å²) in [6.45, 7) is 1.98. The van der Waals surface area contributed by atoms with Crippen LogP contribution in [0.5, 0.6) is 0 Å². The number of carbonyl (C=O) groups is 1. The molecule has 0 amide bonds. The maximum absolute atomic E-state index is 13.0. The van der Waals surface area contributed by atoms with Gasteiger partial charge in [-0.2, -0.15) is 13.2 Å². The predicted molar refractivity (Wildman–Crippen MR) is 106 cm³/mol. The van der Waals surface area contributed by atoms with Crippen molar-refractivity contribution in [2.45, 2.75) is 24.9 Å². The second kappa shape index (κ2) is 7.22. The summed E-state index contributed by atoms with van der Waals surface area (Å²) in [6.07, 6.45) is -0.583. The summed E-state index contributed by atoms with van der Waals surface area (Å²) >= 11 is 0. The molecule has 0 spiro atoms. The molecule has 4 rings (SSSR count). The summed E-state index contributed by atoms with van der Waals surface area (Å²) in [5.41, 5.74) is 1.45. The number of ketones is 1. The summed E-state index contributed by atoms with van der Waals surface area (Å²) in [7, 11) is 2.09. The molecule has 1 aliphatic rings. The van der Waals surface area contributed by atoms with Gasteiger partial charge in [-0.15, -0.1) is 0 Å². The molecule has 1 fully saturated rings. The van der Waals surface area contributed by atoms with E-state index in [1.54, 1.807) is 22.9 Å². The van der Waals surface area contributed by atoms with Gasteiger partial charge in [0, 0.05) is 22.7 Å². The Kier molecular flexibility index (Phi) is 4.86. The third-order valence-corrected chi connectivity index (χ3v) is 5.74. The lowest BCUT2D eigenvalue weighted by Crippen LogP contribution is -2.29. The fraction of sp³-hybridized carbons (Fsp3) is 0.318. The van der Waals surface area contributed by atoms with Crippen LogP contribution in [0.1, 0.15) is 45.8 Å². The van der Waals surface area contributed by atoms with E-state index in [1.165, 1.54) is 12.1 Å². The van der Waals surface area contributed by atoms with Gasteiger partial charge < -0.3 is 10.7 Å². The molecule has 0 radical (unpaired) electrons. The monoisotopic (exact) mass is 401 g/mol. The Bertz CT molecular complexity index is 1060. The number of nitrogen functional groups attached to an aromatic ring is 1. The number of nitrogens with two attached hydrogens (primary N) is 1. The minimum absolute atomic E-state index is 0.0206. The van der Waals surface area contributed by atoms with Crippen molar-refractivity contribution in [2.75, 3.05) is 26.0 Å². The number of benzene rings is 2. The number of carbonyl (C=O) groups excluding carboxylic acids is 1. The number of aromatic nitrogens is 1. The molecule has 2 aromatic carbocycles. The molecule has 152 valence electrons. The number of rotatable bonds is 3. The molecule has 4 nitrogen and oxygen atoms in total. The van der Waals surface area contributed by atoms with Gasteiger partial charge in [0.15, 0.2) is 5.78 Å². The molecular formula is C22H22F3N3O. The van der Waals surface area contributed by atoms with Crippen molar-refractivity contribution in [3.8, 4) is 0 Å². The van der Waals surface area contributed by atoms with E-state index in [0.29, 0.717) is 11.5 Å². The molecule has 1 aliphatic heterocycles. The Labute approximate surface area is 166 Å². The number of hydrogen-bond acceptors (Lipinski definition) is 3. The van der Waals surface area contributed by atoms with E-state index in [9.17, 15) is 18.0 Å². The van der Waals surface area contributed by atoms with E-state index >= 15 is 0 Å². The van der Waals surface area contributed by atoms with E-state index in [2.05, 4.69) is 11.9 Å². The molecule has 1 aromatic heterocycles. The zero-order valence-electron chi connectivity index (χ0n) is 16.0. The van der Waals surface area contributed by atoms with Gasteiger partial charge >= 0.3 is 6.18 Å². The van der Waals surface area contributed by atoms with Crippen molar-refractivity contribution in [2.24, 2.45) is 0 Å². The molecule has 0 bridgehead atoms. The third kappa shape index (κ3) is 3.74. The fourth-order valence-electron chi connectivity index (χ4n) is 4.07. The highest BCUT2D eigenvalue weighted by Crippen LogP contribution is 2.35. The fourth-order valence-corrected chi connectivity index (χ4v) is 4.07. The summed E-state index contributed by atoms with van der Waals surface area (Å²) in [6, 6.07) is 9.67. The summed E-state index contributed by atoms with van der Waals surface area (Å²) in [5.74, 6) is 6.02. The maximum atomic E-state index is 13.0. The zero-order valence-corrected chi connectivity index (χ0v) is 16.0. The first-order chi connectivity index (χ1) is 13.7. The van der Waals surface area contributed by atoms with Crippen molar-refractivity contribution in [1.82, 2.24) is 9.58 Å². The van der Waals surface area contributed by atoms with Gasteiger partial charge in [0.05, 0.1) is 11.1 Å². The van der Waals surface area contributed by atoms with Crippen LogP contribution >= 0.6 is 0 Å². The Morgan fingerprint density at radius 1 is 1.07 bits per heavy atom. The topological polar surface area (TPSA) is 51.3 Å². The van der Waals surface area contributed by atoms with E-state index in [1.807, 2.05) is 6.20 Å². The molecule has 1 saturated heterocycles. The molecule has 2 N–H and O–H groups in total. The van der Waals surface area contributed by atoms with E-state index in [0.717, 1.165) is 54.5 Å². The third-order valence-electron chi connectivity index (χ3n) is 5.74. The van der Waals surface area contributed by atoms with Crippen LogP contribution in [-0.2, 0) is 6.18 Å². The number of alkyl halides is 3. The largest absolute Gasteiger partial charge is 0.416 e. The Balaban J connectivity index is 1.72. The van der Waals surface area contributed by atoms with Crippen LogP contribution in [0.15, 0.2) is 48.7 Å². The first-order valence-corrected chi connectivity index (χ1v) is 9.54. The number of fused-ring (bicyclic) bond motifs is 1. The number of piperidine rings is 1. The van der Waals surface area contributed by atoms with Crippen molar-refractivity contribution >= 4 is 16.7 Å². The molecule has 2 heterocycles. The molecule has 0 saturated carbocycles.